The normalized spacial score (nSPS) is 14.6. The van der Waals surface area contributed by atoms with Crippen LogP contribution in [0, 0.1) is 0 Å². The van der Waals surface area contributed by atoms with Crippen molar-refractivity contribution in [1.29, 1.82) is 0 Å². The Morgan fingerprint density at radius 3 is 1.86 bits per heavy atom. The lowest BCUT2D eigenvalue weighted by atomic mass is 9.97. The second-order valence-corrected chi connectivity index (χ2v) is 6.50. The number of ketones is 2. The predicted molar refractivity (Wildman–Crippen MR) is 108 cm³/mol. The molecule has 4 rings (SSSR count). The maximum absolute atomic E-state index is 13.4. The second kappa shape index (κ2) is 7.08. The Morgan fingerprint density at radius 1 is 0.714 bits per heavy atom. The van der Waals surface area contributed by atoms with Crippen LogP contribution in [0.25, 0.3) is 5.57 Å². The van der Waals surface area contributed by atoms with Crippen molar-refractivity contribution in [3.05, 3.63) is 107 Å². The minimum absolute atomic E-state index is 0.105. The summed E-state index contributed by atoms with van der Waals surface area (Å²) in [6.07, 6.45) is 0. The molecule has 0 bridgehead atoms. The molecular weight excluding hydrogens is 350 g/mol. The zero-order valence-electron chi connectivity index (χ0n) is 15.3. The summed E-state index contributed by atoms with van der Waals surface area (Å²) in [5.74, 6) is -0.939. The summed E-state index contributed by atoms with van der Waals surface area (Å²) in [6, 6.07) is 24.7. The summed E-state index contributed by atoms with van der Waals surface area (Å²) in [4.78, 5) is 40.6. The van der Waals surface area contributed by atoms with Gasteiger partial charge in [-0.15, -0.1) is 0 Å². The van der Waals surface area contributed by atoms with Gasteiger partial charge in [-0.1, -0.05) is 60.7 Å². The molecule has 1 aliphatic rings. The molecule has 0 N–H and O–H groups in total. The molecule has 4 heteroatoms. The quantitative estimate of drug-likeness (QED) is 0.639. The Morgan fingerprint density at radius 2 is 1.25 bits per heavy atom. The van der Waals surface area contributed by atoms with E-state index >= 15 is 0 Å². The monoisotopic (exact) mass is 367 g/mol. The van der Waals surface area contributed by atoms with Crippen molar-refractivity contribution >= 4 is 28.7 Å². The molecule has 1 amide bonds. The van der Waals surface area contributed by atoms with Crippen LogP contribution >= 0.6 is 0 Å². The SMILES string of the molecule is CC(=O)/C(=C1\C(=O)c2ccccc2N1C(=O)c1ccccc1)c1ccccc1. The molecule has 3 aromatic rings. The molecule has 3 aromatic carbocycles. The number of rotatable bonds is 3. The van der Waals surface area contributed by atoms with E-state index in [9.17, 15) is 14.4 Å². The first-order chi connectivity index (χ1) is 13.6. The summed E-state index contributed by atoms with van der Waals surface area (Å²) in [7, 11) is 0. The Labute approximate surface area is 162 Å². The number of amides is 1. The summed E-state index contributed by atoms with van der Waals surface area (Å²) >= 11 is 0. The molecule has 136 valence electrons. The van der Waals surface area contributed by atoms with Gasteiger partial charge in [0.2, 0.25) is 5.78 Å². The maximum Gasteiger partial charge on any atom is 0.263 e. The molecule has 0 aromatic heterocycles. The van der Waals surface area contributed by atoms with E-state index in [1.54, 1.807) is 72.8 Å². The highest BCUT2D eigenvalue weighted by Gasteiger charge is 2.39. The second-order valence-electron chi connectivity index (χ2n) is 6.50. The fraction of sp³-hybridized carbons (Fsp3) is 0.0417. The van der Waals surface area contributed by atoms with Gasteiger partial charge in [-0.25, -0.2) is 0 Å². The van der Waals surface area contributed by atoms with Gasteiger partial charge in [0, 0.05) is 11.1 Å². The summed E-state index contributed by atoms with van der Waals surface area (Å²) in [6.45, 7) is 1.41. The highest BCUT2D eigenvalue weighted by molar-refractivity contribution is 6.36. The zero-order chi connectivity index (χ0) is 19.7. The van der Waals surface area contributed by atoms with E-state index in [1.165, 1.54) is 11.8 Å². The van der Waals surface area contributed by atoms with Gasteiger partial charge in [0.15, 0.2) is 5.78 Å². The van der Waals surface area contributed by atoms with Gasteiger partial charge in [0.25, 0.3) is 5.91 Å². The van der Waals surface area contributed by atoms with Crippen molar-refractivity contribution in [1.82, 2.24) is 0 Å². The molecule has 0 saturated carbocycles. The number of hydrogen-bond donors (Lipinski definition) is 0. The van der Waals surface area contributed by atoms with Crippen molar-refractivity contribution in [3.8, 4) is 0 Å². The van der Waals surface area contributed by atoms with E-state index in [4.69, 9.17) is 0 Å². The van der Waals surface area contributed by atoms with Gasteiger partial charge in [-0.2, -0.15) is 0 Å². The van der Waals surface area contributed by atoms with E-state index in [-0.39, 0.29) is 28.7 Å². The number of nitrogens with zero attached hydrogens (tertiary/aromatic N) is 1. The van der Waals surface area contributed by atoms with Crippen LogP contribution < -0.4 is 4.90 Å². The molecule has 0 fully saturated rings. The number of carbonyl (C=O) groups is 3. The number of hydrogen-bond acceptors (Lipinski definition) is 3. The number of benzene rings is 3. The van der Waals surface area contributed by atoms with Crippen molar-refractivity contribution in [2.24, 2.45) is 0 Å². The molecule has 4 nitrogen and oxygen atoms in total. The molecular formula is C24H17NO3. The van der Waals surface area contributed by atoms with Crippen LogP contribution in [-0.2, 0) is 4.79 Å². The minimum atomic E-state index is -0.344. The third-order valence-corrected chi connectivity index (χ3v) is 4.70. The topological polar surface area (TPSA) is 54.5 Å². The maximum atomic E-state index is 13.4. The largest absolute Gasteiger partial charge is 0.294 e. The van der Waals surface area contributed by atoms with Crippen LogP contribution in [-0.4, -0.2) is 17.5 Å². The number of anilines is 1. The van der Waals surface area contributed by atoms with E-state index in [2.05, 4.69) is 0 Å². The van der Waals surface area contributed by atoms with Crippen LogP contribution in [0.4, 0.5) is 5.69 Å². The molecule has 0 aliphatic carbocycles. The number of carbonyl (C=O) groups excluding carboxylic acids is 3. The van der Waals surface area contributed by atoms with E-state index in [0.29, 0.717) is 22.4 Å². The number of fused-ring (bicyclic) bond motifs is 1. The van der Waals surface area contributed by atoms with Gasteiger partial charge >= 0.3 is 0 Å². The lowest BCUT2D eigenvalue weighted by Crippen LogP contribution is -2.30. The number of Topliss-reactive ketones (excluding diaryl/α,β-unsaturated/α-hetero) is 2. The summed E-state index contributed by atoms with van der Waals surface area (Å²) in [5.41, 5.74) is 2.31. The van der Waals surface area contributed by atoms with Crippen molar-refractivity contribution in [2.45, 2.75) is 6.92 Å². The third-order valence-electron chi connectivity index (χ3n) is 4.70. The van der Waals surface area contributed by atoms with Gasteiger partial charge in [0.05, 0.1) is 11.3 Å². The first-order valence-electron chi connectivity index (χ1n) is 8.93. The first kappa shape index (κ1) is 17.6. The smallest absolute Gasteiger partial charge is 0.263 e. The van der Waals surface area contributed by atoms with Crippen LogP contribution in [0.1, 0.15) is 33.2 Å². The van der Waals surface area contributed by atoms with Gasteiger partial charge in [-0.3, -0.25) is 19.3 Å². The Balaban J connectivity index is 2.00. The van der Waals surface area contributed by atoms with Crippen LogP contribution in [0.15, 0.2) is 90.6 Å². The molecule has 1 aliphatic heterocycles. The molecule has 0 unspecified atom stereocenters. The Kier molecular flexibility index (Phi) is 4.45. The van der Waals surface area contributed by atoms with Gasteiger partial charge < -0.3 is 0 Å². The van der Waals surface area contributed by atoms with Crippen molar-refractivity contribution in [3.63, 3.8) is 0 Å². The minimum Gasteiger partial charge on any atom is -0.294 e. The third kappa shape index (κ3) is 2.85. The van der Waals surface area contributed by atoms with Crippen LogP contribution in [0.3, 0.4) is 0 Å². The van der Waals surface area contributed by atoms with Crippen LogP contribution in [0.5, 0.6) is 0 Å². The molecule has 1 heterocycles. The van der Waals surface area contributed by atoms with Gasteiger partial charge in [-0.05, 0) is 36.8 Å². The Hall–Kier alpha value is -3.79. The highest BCUT2D eigenvalue weighted by atomic mass is 16.2. The fourth-order valence-electron chi connectivity index (χ4n) is 3.47. The number of allylic oxidation sites excluding steroid dienone is 2. The standard InChI is InChI=1S/C24H17NO3/c1-16(26)21(17-10-4-2-5-11-17)22-23(27)19-14-8-9-15-20(19)25(22)24(28)18-12-6-3-7-13-18/h2-15H,1H3/b22-21-. The van der Waals surface area contributed by atoms with Crippen molar-refractivity contribution < 1.29 is 14.4 Å². The lowest BCUT2D eigenvalue weighted by Gasteiger charge is -2.21. The fourth-order valence-corrected chi connectivity index (χ4v) is 3.47. The number of para-hydroxylation sites is 1. The average molecular weight is 367 g/mol. The molecule has 0 saturated heterocycles. The van der Waals surface area contributed by atoms with E-state index in [1.807, 2.05) is 12.1 Å². The zero-order valence-corrected chi connectivity index (χ0v) is 15.3. The lowest BCUT2D eigenvalue weighted by molar-refractivity contribution is -0.111. The van der Waals surface area contributed by atoms with Gasteiger partial charge in [0.1, 0.15) is 5.70 Å². The summed E-state index contributed by atoms with van der Waals surface area (Å²) < 4.78 is 0. The molecule has 28 heavy (non-hydrogen) atoms. The van der Waals surface area contributed by atoms with E-state index < -0.39 is 0 Å². The van der Waals surface area contributed by atoms with E-state index in [0.717, 1.165) is 0 Å². The molecule has 0 spiro atoms. The Bertz CT molecular complexity index is 1110. The molecule has 0 atom stereocenters. The first-order valence-corrected chi connectivity index (χ1v) is 8.93. The van der Waals surface area contributed by atoms with Crippen LogP contribution in [0.2, 0.25) is 0 Å². The predicted octanol–water partition coefficient (Wildman–Crippen LogP) is 4.53. The average Bonchev–Trinajstić information content (AvgIpc) is 3.01. The highest BCUT2D eigenvalue weighted by Crippen LogP contribution is 2.39. The summed E-state index contributed by atoms with van der Waals surface area (Å²) in [5, 5.41) is 0. The molecule has 0 radical (unpaired) electrons. The van der Waals surface area contributed by atoms with Crippen molar-refractivity contribution in [2.75, 3.05) is 4.90 Å².